The minimum atomic E-state index is -0.185. The average Bonchev–Trinajstić information content (AvgIpc) is 2.90. The highest BCUT2D eigenvalue weighted by molar-refractivity contribution is 14.1. The highest BCUT2D eigenvalue weighted by atomic mass is 127. The molecule has 6 heteroatoms. The molecule has 0 amide bonds. The molecular formula is C15H17IN2O3. The van der Waals surface area contributed by atoms with Gasteiger partial charge in [0.2, 0.25) is 0 Å². The van der Waals surface area contributed by atoms with Gasteiger partial charge in [-0.2, -0.15) is 5.26 Å². The molecule has 2 heterocycles. The Hall–Kier alpha value is -1.04. The highest BCUT2D eigenvalue weighted by Crippen LogP contribution is 2.37. The molecule has 2 atom stereocenters. The van der Waals surface area contributed by atoms with Crippen molar-refractivity contribution < 1.29 is 14.2 Å². The fourth-order valence-corrected chi connectivity index (χ4v) is 3.69. The number of halogens is 1. The first-order chi connectivity index (χ1) is 10.1. The minimum absolute atomic E-state index is 0.0733. The number of hydrogen-bond donors (Lipinski definition) is 1. The molecule has 3 rings (SSSR count). The zero-order chi connectivity index (χ0) is 14.9. The predicted octanol–water partition coefficient (Wildman–Crippen LogP) is 2.46. The molecular weight excluding hydrogens is 383 g/mol. The van der Waals surface area contributed by atoms with Gasteiger partial charge in [-0.05, 0) is 34.7 Å². The summed E-state index contributed by atoms with van der Waals surface area (Å²) in [5.41, 5.74) is 6.91. The van der Waals surface area contributed by atoms with E-state index in [4.69, 9.17) is 25.2 Å². The van der Waals surface area contributed by atoms with Crippen LogP contribution >= 0.6 is 22.6 Å². The molecule has 21 heavy (non-hydrogen) atoms. The van der Waals surface area contributed by atoms with Crippen molar-refractivity contribution in [2.75, 3.05) is 25.6 Å². The zero-order valence-electron chi connectivity index (χ0n) is 11.6. The molecule has 0 radical (unpaired) electrons. The molecule has 2 fully saturated rings. The van der Waals surface area contributed by atoms with Crippen molar-refractivity contribution in [3.8, 4) is 11.8 Å². The maximum atomic E-state index is 8.96. The van der Waals surface area contributed by atoms with Gasteiger partial charge in [0.25, 0.3) is 0 Å². The molecule has 112 valence electrons. The number of nitrogen functional groups attached to an aromatic ring is 1. The second kappa shape index (κ2) is 5.99. The van der Waals surface area contributed by atoms with Gasteiger partial charge in [0.05, 0.1) is 39.7 Å². The number of nitriles is 1. The molecule has 0 aliphatic carbocycles. The van der Waals surface area contributed by atoms with Crippen LogP contribution in [0.1, 0.15) is 24.8 Å². The van der Waals surface area contributed by atoms with Crippen LogP contribution in [0.4, 0.5) is 5.69 Å². The summed E-state index contributed by atoms with van der Waals surface area (Å²) in [6, 6.07) is 5.55. The lowest BCUT2D eigenvalue weighted by Gasteiger charge is -2.37. The topological polar surface area (TPSA) is 77.5 Å². The first kappa shape index (κ1) is 14.9. The molecule has 1 spiro atoms. The summed E-state index contributed by atoms with van der Waals surface area (Å²) in [4.78, 5) is 0. The summed E-state index contributed by atoms with van der Waals surface area (Å²) in [7, 11) is 0. The Bertz CT molecular complexity index is 556. The lowest BCUT2D eigenvalue weighted by atomic mass is 9.91. The van der Waals surface area contributed by atoms with Gasteiger partial charge in [-0.15, -0.1) is 0 Å². The predicted molar refractivity (Wildman–Crippen MR) is 86.1 cm³/mol. The van der Waals surface area contributed by atoms with Gasteiger partial charge in [-0.25, -0.2) is 0 Å². The van der Waals surface area contributed by atoms with Crippen molar-refractivity contribution in [2.45, 2.75) is 31.0 Å². The summed E-state index contributed by atoms with van der Waals surface area (Å²) in [6.07, 6.45) is 2.66. The van der Waals surface area contributed by atoms with Crippen LogP contribution in [0, 0.1) is 14.9 Å². The van der Waals surface area contributed by atoms with Crippen molar-refractivity contribution in [3.05, 3.63) is 21.3 Å². The largest absolute Gasteiger partial charge is 0.487 e. The molecule has 5 nitrogen and oxygen atoms in total. The summed E-state index contributed by atoms with van der Waals surface area (Å²) in [5.74, 6) is 0.676. The van der Waals surface area contributed by atoms with E-state index in [2.05, 4.69) is 28.7 Å². The smallest absolute Gasteiger partial charge is 0.155 e. The van der Waals surface area contributed by atoms with E-state index in [1.807, 2.05) is 0 Å². The summed E-state index contributed by atoms with van der Waals surface area (Å²) in [6.45, 7) is 2.08. The van der Waals surface area contributed by atoms with Crippen molar-refractivity contribution in [3.63, 3.8) is 0 Å². The summed E-state index contributed by atoms with van der Waals surface area (Å²) in [5, 5.41) is 8.96. The molecule has 2 N–H and O–H groups in total. The number of nitrogens with zero attached hydrogens (tertiary/aromatic N) is 1. The molecule has 0 bridgehead atoms. The third-order valence-electron chi connectivity index (χ3n) is 4.00. The molecule has 1 aromatic carbocycles. The second-order valence-electron chi connectivity index (χ2n) is 5.55. The van der Waals surface area contributed by atoms with Gasteiger partial charge in [0.1, 0.15) is 6.10 Å². The van der Waals surface area contributed by atoms with E-state index >= 15 is 0 Å². The van der Waals surface area contributed by atoms with Gasteiger partial charge < -0.3 is 19.9 Å². The minimum Gasteiger partial charge on any atom is -0.487 e. The van der Waals surface area contributed by atoms with Crippen molar-refractivity contribution in [2.24, 2.45) is 0 Å². The van der Waals surface area contributed by atoms with Crippen LogP contribution in [0.15, 0.2) is 12.1 Å². The Labute approximate surface area is 137 Å². The lowest BCUT2D eigenvalue weighted by Crippen LogP contribution is -2.44. The molecule has 2 aliphatic heterocycles. The molecule has 1 aromatic rings. The number of hydrogen-bond acceptors (Lipinski definition) is 5. The Morgan fingerprint density at radius 2 is 2.29 bits per heavy atom. The first-order valence-corrected chi connectivity index (χ1v) is 8.07. The maximum absolute atomic E-state index is 8.96. The number of benzene rings is 1. The van der Waals surface area contributed by atoms with E-state index in [-0.39, 0.29) is 11.7 Å². The number of rotatable bonds is 2. The molecule has 2 unspecified atom stereocenters. The average molecular weight is 400 g/mol. The molecule has 2 saturated heterocycles. The monoisotopic (exact) mass is 400 g/mol. The van der Waals surface area contributed by atoms with Gasteiger partial charge in [0.15, 0.2) is 5.75 Å². The van der Waals surface area contributed by atoms with E-state index < -0.39 is 0 Å². The van der Waals surface area contributed by atoms with Crippen LogP contribution in [0.25, 0.3) is 0 Å². The third-order valence-corrected chi connectivity index (χ3v) is 4.80. The van der Waals surface area contributed by atoms with Gasteiger partial charge in [-0.3, -0.25) is 0 Å². The quantitative estimate of drug-likeness (QED) is 0.610. The van der Waals surface area contributed by atoms with E-state index in [0.717, 1.165) is 29.4 Å². The fourth-order valence-electron chi connectivity index (χ4n) is 2.92. The van der Waals surface area contributed by atoms with Crippen LogP contribution < -0.4 is 10.5 Å². The molecule has 0 aromatic heterocycles. The highest BCUT2D eigenvalue weighted by Gasteiger charge is 2.42. The molecule has 0 saturated carbocycles. The lowest BCUT2D eigenvalue weighted by molar-refractivity contribution is -0.112. The maximum Gasteiger partial charge on any atom is 0.155 e. The van der Waals surface area contributed by atoms with Crippen LogP contribution in [0.5, 0.6) is 5.75 Å². The first-order valence-electron chi connectivity index (χ1n) is 6.99. The number of anilines is 1. The summed E-state index contributed by atoms with van der Waals surface area (Å²) >= 11 is 2.16. The third kappa shape index (κ3) is 3.10. The van der Waals surface area contributed by atoms with E-state index in [9.17, 15) is 0 Å². The van der Waals surface area contributed by atoms with Crippen molar-refractivity contribution in [1.82, 2.24) is 0 Å². The summed E-state index contributed by atoms with van der Waals surface area (Å²) < 4.78 is 18.4. The fraction of sp³-hybridized carbons (Fsp3) is 0.533. The van der Waals surface area contributed by atoms with E-state index in [1.54, 1.807) is 12.1 Å². The van der Waals surface area contributed by atoms with Crippen LogP contribution in [0.3, 0.4) is 0 Å². The molecule has 2 aliphatic rings. The number of ether oxygens (including phenoxy) is 3. The zero-order valence-corrected chi connectivity index (χ0v) is 13.8. The van der Waals surface area contributed by atoms with Crippen LogP contribution in [-0.2, 0) is 9.47 Å². The Morgan fingerprint density at radius 3 is 2.95 bits per heavy atom. The van der Waals surface area contributed by atoms with E-state index in [1.165, 1.54) is 0 Å². The van der Waals surface area contributed by atoms with Gasteiger partial charge in [0, 0.05) is 25.9 Å². The van der Waals surface area contributed by atoms with E-state index in [0.29, 0.717) is 30.2 Å². The Morgan fingerprint density at radius 1 is 1.43 bits per heavy atom. The Balaban J connectivity index is 1.76. The standard InChI is InChI=1S/C15H17IN2O3/c16-12-5-10(8-17)6-13(18)14(12)21-11-1-3-20-15(7-11)2-4-19-9-15/h5-6,11H,1-4,7,9,18H2. The Kier molecular flexibility index (Phi) is 4.24. The number of nitrogens with two attached hydrogens (primary N) is 1. The van der Waals surface area contributed by atoms with Crippen LogP contribution in [-0.4, -0.2) is 31.5 Å². The normalized spacial score (nSPS) is 28.5. The van der Waals surface area contributed by atoms with Crippen molar-refractivity contribution in [1.29, 1.82) is 5.26 Å². The SMILES string of the molecule is N#Cc1cc(N)c(OC2CCOC3(CCOC3)C2)c(I)c1. The van der Waals surface area contributed by atoms with Gasteiger partial charge in [-0.1, -0.05) is 0 Å². The van der Waals surface area contributed by atoms with Crippen molar-refractivity contribution >= 4 is 28.3 Å². The van der Waals surface area contributed by atoms with Gasteiger partial charge >= 0.3 is 0 Å². The second-order valence-corrected chi connectivity index (χ2v) is 6.72. The van der Waals surface area contributed by atoms with Crippen LogP contribution in [0.2, 0.25) is 0 Å².